The standard InChI is InChI=1S/C17H10FNO/c18-13-3-6-16-12(8-13)7-11-2-1-10-9-14(20)4-5-15(10)17(11)19-16/h1-9,19H. The number of hydrogen-bond acceptors (Lipinski definition) is 1. The maximum Gasteiger partial charge on any atom is 0.179 e. The predicted molar refractivity (Wildman–Crippen MR) is 79.5 cm³/mol. The van der Waals surface area contributed by atoms with Crippen LogP contribution in [-0.4, -0.2) is 4.98 Å². The summed E-state index contributed by atoms with van der Waals surface area (Å²) >= 11 is 0. The topological polar surface area (TPSA) is 32.9 Å². The Morgan fingerprint density at radius 2 is 1.65 bits per heavy atom. The molecule has 4 rings (SSSR count). The molecule has 0 atom stereocenters. The third-order valence-electron chi connectivity index (χ3n) is 3.61. The second-order valence-corrected chi connectivity index (χ2v) is 4.91. The van der Waals surface area contributed by atoms with E-state index in [0.717, 1.165) is 32.6 Å². The van der Waals surface area contributed by atoms with Crippen LogP contribution in [0.1, 0.15) is 0 Å². The molecule has 2 nitrogen and oxygen atoms in total. The zero-order chi connectivity index (χ0) is 13.7. The van der Waals surface area contributed by atoms with Gasteiger partial charge in [0.1, 0.15) is 5.82 Å². The van der Waals surface area contributed by atoms with Gasteiger partial charge < -0.3 is 4.98 Å². The fourth-order valence-electron chi connectivity index (χ4n) is 2.65. The summed E-state index contributed by atoms with van der Waals surface area (Å²) in [6.45, 7) is 0. The smallest absolute Gasteiger partial charge is 0.179 e. The molecule has 0 unspecified atom stereocenters. The van der Waals surface area contributed by atoms with Gasteiger partial charge >= 0.3 is 0 Å². The normalized spacial score (nSPS) is 11.4. The predicted octanol–water partition coefficient (Wildman–Crippen LogP) is 3.97. The highest BCUT2D eigenvalue weighted by Crippen LogP contribution is 2.26. The van der Waals surface area contributed by atoms with Crippen LogP contribution in [0.3, 0.4) is 0 Å². The summed E-state index contributed by atoms with van der Waals surface area (Å²) in [6.07, 6.45) is 0. The Morgan fingerprint density at radius 3 is 2.55 bits per heavy atom. The Morgan fingerprint density at radius 1 is 0.800 bits per heavy atom. The van der Waals surface area contributed by atoms with E-state index in [2.05, 4.69) is 4.98 Å². The van der Waals surface area contributed by atoms with Crippen molar-refractivity contribution in [1.82, 2.24) is 4.98 Å². The van der Waals surface area contributed by atoms with E-state index in [9.17, 15) is 9.18 Å². The number of aromatic nitrogens is 1. The van der Waals surface area contributed by atoms with Crippen LogP contribution < -0.4 is 5.43 Å². The van der Waals surface area contributed by atoms with Crippen molar-refractivity contribution in [1.29, 1.82) is 0 Å². The lowest BCUT2D eigenvalue weighted by atomic mass is 10.0. The summed E-state index contributed by atoms with van der Waals surface area (Å²) in [5, 5.41) is 3.72. The molecule has 1 aromatic heterocycles. The summed E-state index contributed by atoms with van der Waals surface area (Å²) in [6, 6.07) is 15.5. The van der Waals surface area contributed by atoms with Gasteiger partial charge in [0, 0.05) is 16.3 Å². The number of H-pyrrole nitrogens is 1. The first kappa shape index (κ1) is 11.2. The van der Waals surface area contributed by atoms with Crippen LogP contribution in [0, 0.1) is 5.82 Å². The fraction of sp³-hybridized carbons (Fsp3) is 0. The van der Waals surface area contributed by atoms with E-state index >= 15 is 0 Å². The molecule has 1 N–H and O–H groups in total. The SMILES string of the molecule is O=c1ccc2c(ccc3cc4cc(F)ccc4[nH]c32)c1. The average Bonchev–Trinajstić information content (AvgIpc) is 2.44. The summed E-state index contributed by atoms with van der Waals surface area (Å²) < 4.78 is 13.3. The van der Waals surface area contributed by atoms with Crippen molar-refractivity contribution >= 4 is 32.6 Å². The average molecular weight is 263 g/mol. The Kier molecular flexibility index (Phi) is 2.18. The molecule has 0 fully saturated rings. The molecular formula is C17H10FNO. The van der Waals surface area contributed by atoms with E-state index in [1.165, 1.54) is 12.1 Å². The molecule has 0 aliphatic heterocycles. The molecule has 0 radical (unpaired) electrons. The van der Waals surface area contributed by atoms with Crippen molar-refractivity contribution in [3.05, 3.63) is 70.6 Å². The van der Waals surface area contributed by atoms with Crippen LogP contribution in [0.25, 0.3) is 32.6 Å². The summed E-state index contributed by atoms with van der Waals surface area (Å²) in [5.41, 5.74) is 1.83. The van der Waals surface area contributed by atoms with E-state index in [0.29, 0.717) is 0 Å². The zero-order valence-corrected chi connectivity index (χ0v) is 10.5. The number of benzene rings is 3. The van der Waals surface area contributed by atoms with Gasteiger partial charge in [0.25, 0.3) is 0 Å². The van der Waals surface area contributed by atoms with Gasteiger partial charge in [0.15, 0.2) is 5.43 Å². The van der Waals surface area contributed by atoms with E-state index in [4.69, 9.17) is 0 Å². The van der Waals surface area contributed by atoms with Crippen LogP contribution >= 0.6 is 0 Å². The molecule has 0 amide bonds. The number of halogens is 1. The van der Waals surface area contributed by atoms with Crippen molar-refractivity contribution in [3.8, 4) is 0 Å². The minimum Gasteiger partial charge on any atom is -0.354 e. The lowest BCUT2D eigenvalue weighted by molar-refractivity contribution is 0.629. The highest BCUT2D eigenvalue weighted by molar-refractivity contribution is 6.08. The summed E-state index contributed by atoms with van der Waals surface area (Å²) in [7, 11) is 0. The van der Waals surface area contributed by atoms with Gasteiger partial charge in [0.05, 0.1) is 5.52 Å². The van der Waals surface area contributed by atoms with E-state index < -0.39 is 0 Å². The lowest BCUT2D eigenvalue weighted by Crippen LogP contribution is -1.95. The van der Waals surface area contributed by atoms with Crippen molar-refractivity contribution in [3.63, 3.8) is 0 Å². The Hall–Kier alpha value is -2.68. The van der Waals surface area contributed by atoms with E-state index in [1.54, 1.807) is 18.2 Å². The third-order valence-corrected chi connectivity index (χ3v) is 3.61. The monoisotopic (exact) mass is 263 g/mol. The van der Waals surface area contributed by atoms with E-state index in [-0.39, 0.29) is 11.2 Å². The molecule has 0 aliphatic rings. The second-order valence-electron chi connectivity index (χ2n) is 4.91. The fourth-order valence-corrected chi connectivity index (χ4v) is 2.65. The van der Waals surface area contributed by atoms with Crippen LogP contribution in [0.15, 0.2) is 59.4 Å². The van der Waals surface area contributed by atoms with Gasteiger partial charge in [-0.05, 0) is 53.2 Å². The molecular weight excluding hydrogens is 253 g/mol. The Bertz CT molecular complexity index is 1030. The minimum absolute atomic E-state index is 0.000268. The van der Waals surface area contributed by atoms with Gasteiger partial charge in [0.2, 0.25) is 0 Å². The first-order chi connectivity index (χ1) is 9.70. The van der Waals surface area contributed by atoms with Crippen LogP contribution in [0.5, 0.6) is 0 Å². The number of pyridine rings is 1. The number of nitrogens with one attached hydrogen (secondary N) is 1. The first-order valence-corrected chi connectivity index (χ1v) is 6.36. The summed E-state index contributed by atoms with van der Waals surface area (Å²) in [5.74, 6) is -0.248. The maximum absolute atomic E-state index is 13.3. The molecule has 1 heterocycles. The van der Waals surface area contributed by atoms with Gasteiger partial charge in [-0.1, -0.05) is 12.1 Å². The molecule has 0 aliphatic carbocycles. The molecule has 0 saturated carbocycles. The van der Waals surface area contributed by atoms with Crippen molar-refractivity contribution < 1.29 is 4.39 Å². The highest BCUT2D eigenvalue weighted by atomic mass is 19.1. The van der Waals surface area contributed by atoms with Crippen LogP contribution in [-0.2, 0) is 0 Å². The molecule has 0 spiro atoms. The van der Waals surface area contributed by atoms with Gasteiger partial charge in [-0.2, -0.15) is 0 Å². The quantitative estimate of drug-likeness (QED) is 0.378. The minimum atomic E-state index is -0.248. The van der Waals surface area contributed by atoms with Gasteiger partial charge in [-0.15, -0.1) is 0 Å². The van der Waals surface area contributed by atoms with Crippen LogP contribution in [0.4, 0.5) is 4.39 Å². The van der Waals surface area contributed by atoms with Crippen molar-refractivity contribution in [2.24, 2.45) is 0 Å². The van der Waals surface area contributed by atoms with Gasteiger partial charge in [-0.3, -0.25) is 4.79 Å². The molecule has 3 heteroatoms. The lowest BCUT2D eigenvalue weighted by Gasteiger charge is -2.06. The Balaban J connectivity index is 2.21. The molecule has 20 heavy (non-hydrogen) atoms. The number of hydrogen-bond donors (Lipinski definition) is 1. The van der Waals surface area contributed by atoms with Crippen LogP contribution in [0.2, 0.25) is 0 Å². The molecule has 4 aromatic rings. The van der Waals surface area contributed by atoms with E-state index in [1.807, 2.05) is 24.3 Å². The van der Waals surface area contributed by atoms with Crippen molar-refractivity contribution in [2.45, 2.75) is 0 Å². The largest absolute Gasteiger partial charge is 0.354 e. The Labute approximate surface area is 113 Å². The summed E-state index contributed by atoms with van der Waals surface area (Å²) in [4.78, 5) is 14.7. The van der Waals surface area contributed by atoms with Crippen molar-refractivity contribution in [2.75, 3.05) is 0 Å². The maximum atomic E-state index is 13.3. The molecule has 0 saturated heterocycles. The molecule has 96 valence electrons. The second kappa shape index (κ2) is 3.90. The highest BCUT2D eigenvalue weighted by Gasteiger charge is 2.04. The molecule has 3 aromatic carbocycles. The van der Waals surface area contributed by atoms with Gasteiger partial charge in [-0.25, -0.2) is 4.39 Å². The number of fused-ring (bicyclic) bond motifs is 4. The number of aromatic amines is 1. The molecule has 0 bridgehead atoms. The zero-order valence-electron chi connectivity index (χ0n) is 10.5. The number of rotatable bonds is 0. The first-order valence-electron chi connectivity index (χ1n) is 6.36. The third kappa shape index (κ3) is 1.60.